The van der Waals surface area contributed by atoms with E-state index in [0.717, 1.165) is 17.8 Å². The summed E-state index contributed by atoms with van der Waals surface area (Å²) in [6.07, 6.45) is -1.81. The maximum atomic E-state index is 12.3. The molecule has 1 aromatic rings. The lowest BCUT2D eigenvalue weighted by Crippen LogP contribution is -2.24. The van der Waals surface area contributed by atoms with Crippen LogP contribution in [0.5, 0.6) is 0 Å². The molecule has 1 rings (SSSR count). The molecule has 2 N–H and O–H groups in total. The van der Waals surface area contributed by atoms with Crippen molar-refractivity contribution in [2.75, 3.05) is 20.2 Å². The lowest BCUT2D eigenvalue weighted by Gasteiger charge is -2.07. The van der Waals surface area contributed by atoms with Crippen molar-refractivity contribution in [3.63, 3.8) is 0 Å². The zero-order chi connectivity index (χ0) is 16.6. The molecule has 0 saturated heterocycles. The number of ether oxygens (including phenoxy) is 1. The minimum atomic E-state index is -4.46. The van der Waals surface area contributed by atoms with Gasteiger partial charge >= 0.3 is 6.18 Å². The van der Waals surface area contributed by atoms with E-state index < -0.39 is 11.9 Å². The first-order chi connectivity index (χ1) is 10.3. The molecule has 0 saturated carbocycles. The van der Waals surface area contributed by atoms with Crippen LogP contribution >= 0.6 is 0 Å². The maximum Gasteiger partial charge on any atom is 0.433 e. The summed E-state index contributed by atoms with van der Waals surface area (Å²) in [5.74, 6) is -0.338. The molecule has 0 bridgehead atoms. The standard InChI is InChI=1S/C14H18F3N3O2/c1-10(5-18-2)6-20-13(21)9-22-8-11-3-4-12(19-7-11)14(15,16)17/h3-4,6-7,18H,5,8-9H2,1-2H3,(H,20,21)/b10-6-. The number of likely N-dealkylation sites (N-methyl/N-ethyl adjacent to an activating group) is 1. The molecule has 122 valence electrons. The van der Waals surface area contributed by atoms with E-state index in [1.54, 1.807) is 13.2 Å². The van der Waals surface area contributed by atoms with Gasteiger partial charge in [-0.2, -0.15) is 13.2 Å². The molecular weight excluding hydrogens is 299 g/mol. The lowest BCUT2D eigenvalue weighted by atomic mass is 10.2. The fourth-order valence-electron chi connectivity index (χ4n) is 1.51. The second-order valence-electron chi connectivity index (χ2n) is 4.63. The average Bonchev–Trinajstić information content (AvgIpc) is 2.45. The van der Waals surface area contributed by atoms with Crippen molar-refractivity contribution in [1.29, 1.82) is 0 Å². The van der Waals surface area contributed by atoms with E-state index in [9.17, 15) is 18.0 Å². The van der Waals surface area contributed by atoms with Gasteiger partial charge in [0.2, 0.25) is 5.91 Å². The third-order valence-electron chi connectivity index (χ3n) is 2.55. The number of aromatic nitrogens is 1. The summed E-state index contributed by atoms with van der Waals surface area (Å²) in [6.45, 7) is 2.33. The van der Waals surface area contributed by atoms with E-state index in [0.29, 0.717) is 12.1 Å². The Kier molecular flexibility index (Phi) is 7.00. The summed E-state index contributed by atoms with van der Waals surface area (Å²) >= 11 is 0. The highest BCUT2D eigenvalue weighted by Gasteiger charge is 2.31. The first kappa shape index (κ1) is 18.1. The van der Waals surface area contributed by atoms with Gasteiger partial charge in [0, 0.05) is 18.9 Å². The van der Waals surface area contributed by atoms with Crippen molar-refractivity contribution < 1.29 is 22.7 Å². The van der Waals surface area contributed by atoms with Crippen molar-refractivity contribution in [2.45, 2.75) is 19.7 Å². The van der Waals surface area contributed by atoms with Gasteiger partial charge in [-0.05, 0) is 31.2 Å². The molecule has 1 amide bonds. The predicted octanol–water partition coefficient (Wildman–Crippen LogP) is 1.86. The Morgan fingerprint density at radius 1 is 1.41 bits per heavy atom. The van der Waals surface area contributed by atoms with E-state index in [1.165, 1.54) is 6.07 Å². The van der Waals surface area contributed by atoms with Gasteiger partial charge in [-0.15, -0.1) is 0 Å². The second-order valence-corrected chi connectivity index (χ2v) is 4.63. The van der Waals surface area contributed by atoms with Gasteiger partial charge in [-0.3, -0.25) is 9.78 Å². The third kappa shape index (κ3) is 6.68. The zero-order valence-electron chi connectivity index (χ0n) is 12.3. The maximum absolute atomic E-state index is 12.3. The summed E-state index contributed by atoms with van der Waals surface area (Å²) in [5, 5.41) is 5.49. The quantitative estimate of drug-likeness (QED) is 0.806. The van der Waals surface area contributed by atoms with Crippen molar-refractivity contribution in [2.24, 2.45) is 0 Å². The van der Waals surface area contributed by atoms with Gasteiger partial charge in [0.05, 0.1) is 6.61 Å². The molecule has 8 heteroatoms. The molecule has 0 atom stereocenters. The Labute approximate surface area is 126 Å². The summed E-state index contributed by atoms with van der Waals surface area (Å²) < 4.78 is 42.1. The number of hydrogen-bond donors (Lipinski definition) is 2. The normalized spacial score (nSPS) is 12.3. The van der Waals surface area contributed by atoms with Crippen molar-refractivity contribution in [3.8, 4) is 0 Å². The monoisotopic (exact) mass is 317 g/mol. The molecule has 0 aliphatic heterocycles. The fraction of sp³-hybridized carbons (Fsp3) is 0.429. The number of carbonyl (C=O) groups is 1. The van der Waals surface area contributed by atoms with E-state index in [-0.39, 0.29) is 19.1 Å². The van der Waals surface area contributed by atoms with Crippen LogP contribution in [0.25, 0.3) is 0 Å². The number of amides is 1. The van der Waals surface area contributed by atoms with Crippen LogP contribution < -0.4 is 10.6 Å². The molecule has 0 radical (unpaired) electrons. The Bertz CT molecular complexity index is 513. The summed E-state index contributed by atoms with van der Waals surface area (Å²) in [7, 11) is 1.79. The Hall–Kier alpha value is -1.93. The Balaban J connectivity index is 2.35. The van der Waals surface area contributed by atoms with E-state index >= 15 is 0 Å². The SMILES string of the molecule is CNC/C(C)=C\NC(=O)COCc1ccc(C(F)(F)F)nc1. The number of nitrogens with one attached hydrogen (secondary N) is 2. The molecular formula is C14H18F3N3O2. The van der Waals surface area contributed by atoms with E-state index in [1.807, 2.05) is 6.92 Å². The summed E-state index contributed by atoms with van der Waals surface area (Å²) in [6, 6.07) is 2.15. The summed E-state index contributed by atoms with van der Waals surface area (Å²) in [5.41, 5.74) is 0.449. The highest BCUT2D eigenvalue weighted by atomic mass is 19.4. The Morgan fingerprint density at radius 2 is 2.14 bits per heavy atom. The molecule has 0 unspecified atom stereocenters. The predicted molar refractivity (Wildman–Crippen MR) is 74.7 cm³/mol. The minimum absolute atomic E-state index is 0.0117. The van der Waals surface area contributed by atoms with Crippen molar-refractivity contribution >= 4 is 5.91 Å². The third-order valence-corrected chi connectivity index (χ3v) is 2.55. The van der Waals surface area contributed by atoms with Crippen LogP contribution in [0.15, 0.2) is 30.1 Å². The topological polar surface area (TPSA) is 63.2 Å². The Morgan fingerprint density at radius 3 is 2.68 bits per heavy atom. The minimum Gasteiger partial charge on any atom is -0.367 e. The molecule has 0 aromatic carbocycles. The van der Waals surface area contributed by atoms with Gasteiger partial charge in [0.15, 0.2) is 0 Å². The number of nitrogens with zero attached hydrogens (tertiary/aromatic N) is 1. The molecule has 0 spiro atoms. The lowest BCUT2D eigenvalue weighted by molar-refractivity contribution is -0.141. The number of halogens is 3. The van der Waals surface area contributed by atoms with Crippen LogP contribution in [0.2, 0.25) is 0 Å². The van der Waals surface area contributed by atoms with Gasteiger partial charge in [0.25, 0.3) is 0 Å². The molecule has 1 heterocycles. The van der Waals surface area contributed by atoms with Crippen LogP contribution in [0.1, 0.15) is 18.2 Å². The van der Waals surface area contributed by atoms with Gasteiger partial charge < -0.3 is 15.4 Å². The van der Waals surface area contributed by atoms with E-state index in [4.69, 9.17) is 4.74 Å². The van der Waals surface area contributed by atoms with Crippen LogP contribution in [0.3, 0.4) is 0 Å². The van der Waals surface area contributed by atoms with Crippen LogP contribution in [0.4, 0.5) is 13.2 Å². The number of pyridine rings is 1. The van der Waals surface area contributed by atoms with E-state index in [2.05, 4.69) is 15.6 Å². The highest BCUT2D eigenvalue weighted by molar-refractivity contribution is 5.78. The molecule has 22 heavy (non-hydrogen) atoms. The van der Waals surface area contributed by atoms with Crippen LogP contribution in [-0.2, 0) is 22.3 Å². The first-order valence-corrected chi connectivity index (χ1v) is 6.52. The molecule has 1 aromatic heterocycles. The highest BCUT2D eigenvalue weighted by Crippen LogP contribution is 2.27. The van der Waals surface area contributed by atoms with Crippen LogP contribution in [0, 0.1) is 0 Å². The second kappa shape index (κ2) is 8.50. The number of rotatable bonds is 7. The van der Waals surface area contributed by atoms with Gasteiger partial charge in [0.1, 0.15) is 12.3 Å². The largest absolute Gasteiger partial charge is 0.433 e. The average molecular weight is 317 g/mol. The zero-order valence-corrected chi connectivity index (χ0v) is 12.3. The smallest absolute Gasteiger partial charge is 0.367 e. The van der Waals surface area contributed by atoms with Crippen molar-refractivity contribution in [1.82, 2.24) is 15.6 Å². The number of alkyl halides is 3. The first-order valence-electron chi connectivity index (χ1n) is 6.52. The number of hydrogen-bond acceptors (Lipinski definition) is 4. The van der Waals surface area contributed by atoms with Gasteiger partial charge in [-0.1, -0.05) is 6.07 Å². The molecule has 5 nitrogen and oxygen atoms in total. The summed E-state index contributed by atoms with van der Waals surface area (Å²) in [4.78, 5) is 14.8. The number of carbonyl (C=O) groups excluding carboxylic acids is 1. The molecule has 0 fully saturated rings. The van der Waals surface area contributed by atoms with Crippen LogP contribution in [-0.4, -0.2) is 31.1 Å². The van der Waals surface area contributed by atoms with Gasteiger partial charge in [-0.25, -0.2) is 0 Å². The molecule has 0 aliphatic carbocycles. The van der Waals surface area contributed by atoms with Crippen molar-refractivity contribution in [3.05, 3.63) is 41.4 Å². The molecule has 0 aliphatic rings. The fourth-order valence-corrected chi connectivity index (χ4v) is 1.51.